The standard InChI is InChI=1S/C20H30O5/c1-3-4-5-6-7-8-9-10-11-14(2)15-12-16(19(22)23)18(21)17(13-15)20(24)25/h12-14,21H,3-11H2,1-2H3,(H,22,23)(H,24,25). The van der Waals surface area contributed by atoms with Crippen molar-refractivity contribution < 1.29 is 24.9 Å². The molecule has 5 nitrogen and oxygen atoms in total. The zero-order valence-corrected chi connectivity index (χ0v) is 15.3. The van der Waals surface area contributed by atoms with Crippen LogP contribution in [0.5, 0.6) is 5.75 Å². The fraction of sp³-hybridized carbons (Fsp3) is 0.600. The quantitative estimate of drug-likeness (QED) is 0.437. The fourth-order valence-corrected chi connectivity index (χ4v) is 3.02. The molecular formula is C20H30O5. The number of carboxylic acid groups (broad SMARTS) is 2. The second-order valence-corrected chi connectivity index (χ2v) is 6.74. The molecule has 0 spiro atoms. The molecule has 0 amide bonds. The molecule has 0 aromatic heterocycles. The summed E-state index contributed by atoms with van der Waals surface area (Å²) in [7, 11) is 0. The molecular weight excluding hydrogens is 320 g/mol. The molecule has 0 aliphatic heterocycles. The van der Waals surface area contributed by atoms with E-state index >= 15 is 0 Å². The van der Waals surface area contributed by atoms with Crippen molar-refractivity contribution in [3.05, 3.63) is 28.8 Å². The van der Waals surface area contributed by atoms with Crippen LogP contribution in [0, 0.1) is 0 Å². The Kier molecular flexibility index (Phi) is 9.03. The van der Waals surface area contributed by atoms with Gasteiger partial charge in [-0.3, -0.25) is 0 Å². The van der Waals surface area contributed by atoms with Gasteiger partial charge in [0.1, 0.15) is 16.9 Å². The lowest BCUT2D eigenvalue weighted by Gasteiger charge is -2.15. The molecule has 1 unspecified atom stereocenters. The fourth-order valence-electron chi connectivity index (χ4n) is 3.02. The van der Waals surface area contributed by atoms with Crippen molar-refractivity contribution in [2.45, 2.75) is 77.6 Å². The molecule has 0 fully saturated rings. The van der Waals surface area contributed by atoms with E-state index in [2.05, 4.69) is 6.92 Å². The lowest BCUT2D eigenvalue weighted by molar-refractivity contribution is 0.0691. The van der Waals surface area contributed by atoms with Crippen LogP contribution in [-0.4, -0.2) is 27.3 Å². The van der Waals surface area contributed by atoms with E-state index in [1.807, 2.05) is 6.92 Å². The molecule has 5 heteroatoms. The van der Waals surface area contributed by atoms with Gasteiger partial charge in [0.2, 0.25) is 0 Å². The molecule has 25 heavy (non-hydrogen) atoms. The van der Waals surface area contributed by atoms with E-state index in [0.29, 0.717) is 5.56 Å². The van der Waals surface area contributed by atoms with Gasteiger partial charge in [-0.05, 0) is 30.0 Å². The molecule has 3 N–H and O–H groups in total. The summed E-state index contributed by atoms with van der Waals surface area (Å²) >= 11 is 0. The number of unbranched alkanes of at least 4 members (excludes halogenated alkanes) is 7. The van der Waals surface area contributed by atoms with E-state index in [4.69, 9.17) is 10.2 Å². The maximum atomic E-state index is 11.2. The lowest BCUT2D eigenvalue weighted by Crippen LogP contribution is -2.07. The highest BCUT2D eigenvalue weighted by Crippen LogP contribution is 2.30. The Hall–Kier alpha value is -2.04. The summed E-state index contributed by atoms with van der Waals surface area (Å²) in [6.45, 7) is 4.17. The molecule has 1 rings (SSSR count). The topological polar surface area (TPSA) is 94.8 Å². The average molecular weight is 350 g/mol. The monoisotopic (exact) mass is 350 g/mol. The minimum absolute atomic E-state index is 0.0527. The Morgan fingerprint density at radius 3 is 1.76 bits per heavy atom. The van der Waals surface area contributed by atoms with Crippen molar-refractivity contribution >= 4 is 11.9 Å². The van der Waals surface area contributed by atoms with E-state index in [-0.39, 0.29) is 17.0 Å². The van der Waals surface area contributed by atoms with Gasteiger partial charge in [0.25, 0.3) is 0 Å². The minimum atomic E-state index is -1.32. The van der Waals surface area contributed by atoms with Gasteiger partial charge in [-0.15, -0.1) is 0 Å². The molecule has 1 aromatic carbocycles. The molecule has 0 saturated carbocycles. The van der Waals surface area contributed by atoms with Gasteiger partial charge in [-0.2, -0.15) is 0 Å². The number of carbonyl (C=O) groups is 2. The maximum absolute atomic E-state index is 11.2. The Morgan fingerprint density at radius 2 is 1.32 bits per heavy atom. The smallest absolute Gasteiger partial charge is 0.339 e. The van der Waals surface area contributed by atoms with Crippen LogP contribution in [-0.2, 0) is 0 Å². The van der Waals surface area contributed by atoms with Crippen LogP contribution in [0.25, 0.3) is 0 Å². The van der Waals surface area contributed by atoms with Gasteiger partial charge < -0.3 is 15.3 Å². The second kappa shape index (κ2) is 10.7. The number of hydrogen-bond donors (Lipinski definition) is 3. The number of carboxylic acids is 2. The van der Waals surface area contributed by atoms with E-state index in [1.54, 1.807) is 0 Å². The van der Waals surface area contributed by atoms with Crippen molar-refractivity contribution in [3.63, 3.8) is 0 Å². The van der Waals surface area contributed by atoms with Crippen molar-refractivity contribution in [2.24, 2.45) is 0 Å². The predicted molar refractivity (Wildman–Crippen MR) is 97.7 cm³/mol. The third kappa shape index (κ3) is 6.77. The molecule has 0 aliphatic carbocycles. The van der Waals surface area contributed by atoms with Crippen LogP contribution in [0.2, 0.25) is 0 Å². The summed E-state index contributed by atoms with van der Waals surface area (Å²) in [5.41, 5.74) is -0.0501. The maximum Gasteiger partial charge on any atom is 0.339 e. The number of phenols is 1. The molecule has 0 heterocycles. The number of aromatic hydroxyl groups is 1. The lowest BCUT2D eigenvalue weighted by atomic mass is 9.91. The minimum Gasteiger partial charge on any atom is -0.506 e. The van der Waals surface area contributed by atoms with Crippen LogP contribution in [0.4, 0.5) is 0 Å². The first kappa shape index (κ1) is 21.0. The van der Waals surface area contributed by atoms with Crippen LogP contribution in [0.1, 0.15) is 104 Å². The first-order valence-electron chi connectivity index (χ1n) is 9.22. The molecule has 0 bridgehead atoms. The first-order chi connectivity index (χ1) is 11.9. The average Bonchev–Trinajstić information content (AvgIpc) is 2.56. The normalized spacial score (nSPS) is 12.1. The van der Waals surface area contributed by atoms with Crippen LogP contribution < -0.4 is 0 Å². The van der Waals surface area contributed by atoms with Gasteiger partial charge in [0.05, 0.1) is 0 Å². The molecule has 0 radical (unpaired) electrons. The van der Waals surface area contributed by atoms with Gasteiger partial charge in [-0.25, -0.2) is 9.59 Å². The summed E-state index contributed by atoms with van der Waals surface area (Å²) in [4.78, 5) is 22.5. The van der Waals surface area contributed by atoms with Crippen LogP contribution in [0.15, 0.2) is 12.1 Å². The molecule has 0 saturated heterocycles. The van der Waals surface area contributed by atoms with Crippen molar-refractivity contribution in [3.8, 4) is 5.75 Å². The van der Waals surface area contributed by atoms with E-state index in [1.165, 1.54) is 50.7 Å². The Labute approximate surface area is 149 Å². The number of rotatable bonds is 12. The van der Waals surface area contributed by atoms with Gasteiger partial charge in [0.15, 0.2) is 0 Å². The van der Waals surface area contributed by atoms with E-state index < -0.39 is 17.7 Å². The Morgan fingerprint density at radius 1 is 0.880 bits per heavy atom. The van der Waals surface area contributed by atoms with Crippen LogP contribution >= 0.6 is 0 Å². The first-order valence-corrected chi connectivity index (χ1v) is 9.22. The van der Waals surface area contributed by atoms with E-state index in [9.17, 15) is 14.7 Å². The summed E-state index contributed by atoms with van der Waals surface area (Å²) in [5.74, 6) is -3.26. The summed E-state index contributed by atoms with van der Waals surface area (Å²) in [6, 6.07) is 2.78. The van der Waals surface area contributed by atoms with Gasteiger partial charge in [-0.1, -0.05) is 65.2 Å². The zero-order valence-electron chi connectivity index (χ0n) is 15.3. The SMILES string of the molecule is CCCCCCCCCCC(C)c1cc(C(=O)O)c(O)c(C(=O)O)c1. The third-order valence-corrected chi connectivity index (χ3v) is 4.65. The number of aromatic carboxylic acids is 2. The van der Waals surface area contributed by atoms with Crippen molar-refractivity contribution in [1.29, 1.82) is 0 Å². The summed E-state index contributed by atoms with van der Waals surface area (Å²) in [6.07, 6.45) is 10.6. The van der Waals surface area contributed by atoms with Crippen molar-refractivity contribution in [1.82, 2.24) is 0 Å². The highest BCUT2D eigenvalue weighted by molar-refractivity contribution is 5.99. The van der Waals surface area contributed by atoms with E-state index in [0.717, 1.165) is 19.3 Å². The van der Waals surface area contributed by atoms with Gasteiger partial charge >= 0.3 is 11.9 Å². The Bertz CT molecular complexity index is 544. The second-order valence-electron chi connectivity index (χ2n) is 6.74. The molecule has 0 aliphatic rings. The summed E-state index contributed by atoms with van der Waals surface area (Å²) in [5, 5.41) is 28.1. The highest BCUT2D eigenvalue weighted by Gasteiger charge is 2.21. The third-order valence-electron chi connectivity index (χ3n) is 4.65. The largest absolute Gasteiger partial charge is 0.506 e. The predicted octanol–water partition coefficient (Wildman–Crippen LogP) is 5.42. The van der Waals surface area contributed by atoms with Gasteiger partial charge in [0, 0.05) is 0 Å². The summed E-state index contributed by atoms with van der Waals surface area (Å²) < 4.78 is 0. The van der Waals surface area contributed by atoms with Crippen LogP contribution in [0.3, 0.4) is 0 Å². The zero-order chi connectivity index (χ0) is 18.8. The molecule has 140 valence electrons. The molecule has 1 atom stereocenters. The Balaban J connectivity index is 2.59. The highest BCUT2D eigenvalue weighted by atomic mass is 16.4. The number of hydrogen-bond acceptors (Lipinski definition) is 3. The number of benzene rings is 1. The molecule has 1 aromatic rings. The van der Waals surface area contributed by atoms with Crippen molar-refractivity contribution in [2.75, 3.05) is 0 Å².